The number of halogens is 7. The number of amides is 3. The highest BCUT2D eigenvalue weighted by Gasteiger charge is 2.48. The molecule has 0 saturated carbocycles. The van der Waals surface area contributed by atoms with Gasteiger partial charge in [-0.1, -0.05) is 6.07 Å². The minimum atomic E-state index is -5.00. The Balaban J connectivity index is 1.51. The van der Waals surface area contributed by atoms with E-state index in [0.717, 1.165) is 5.56 Å². The average molecular weight is 589 g/mol. The summed E-state index contributed by atoms with van der Waals surface area (Å²) < 4.78 is 93.6. The number of aryl methyl sites for hydroxylation is 1. The number of carbonyl (C=O) groups excluding carboxylic acids is 2. The predicted molar refractivity (Wildman–Crippen MR) is 136 cm³/mol. The molecule has 2 fully saturated rings. The zero-order valence-corrected chi connectivity index (χ0v) is 22.6. The first-order chi connectivity index (χ1) is 19.0. The van der Waals surface area contributed by atoms with Crippen LogP contribution >= 0.6 is 0 Å². The van der Waals surface area contributed by atoms with Gasteiger partial charge >= 0.3 is 18.4 Å². The molecular formula is C28H31F7N4O2. The molecule has 0 aromatic heterocycles. The maximum atomic E-state index is 13.8. The second-order valence-electron chi connectivity index (χ2n) is 10.8. The van der Waals surface area contributed by atoms with Gasteiger partial charge in [-0.05, 0) is 86.6 Å². The Morgan fingerprint density at radius 3 is 2.22 bits per heavy atom. The van der Waals surface area contributed by atoms with Gasteiger partial charge < -0.3 is 20.9 Å². The van der Waals surface area contributed by atoms with Crippen molar-refractivity contribution in [3.05, 3.63) is 70.0 Å². The summed E-state index contributed by atoms with van der Waals surface area (Å²) in [6.07, 6.45) is -8.12. The summed E-state index contributed by atoms with van der Waals surface area (Å²) in [6, 6.07) is 3.01. The zero-order valence-electron chi connectivity index (χ0n) is 22.6. The van der Waals surface area contributed by atoms with Gasteiger partial charge in [0.2, 0.25) is 5.91 Å². The number of nitrogens with zero attached hydrogens (tertiary/aromatic N) is 1. The molecule has 0 unspecified atom stereocenters. The van der Waals surface area contributed by atoms with Crippen LogP contribution in [0.25, 0.3) is 0 Å². The van der Waals surface area contributed by atoms with Crippen LogP contribution in [0.2, 0.25) is 0 Å². The SMILES string of the molecule is CNC(=O)N1CC[C@@]2(CC[C@H](C(=O)N[C@H](C)c3cc(C(F)(F)F)cc(C(F)(F)F)c3)N2)C[C@@H]1c1ccc(F)cc1C. The molecule has 0 aliphatic carbocycles. The van der Waals surface area contributed by atoms with E-state index in [9.17, 15) is 40.3 Å². The molecule has 2 aliphatic heterocycles. The number of alkyl halides is 6. The van der Waals surface area contributed by atoms with E-state index in [2.05, 4.69) is 16.0 Å². The van der Waals surface area contributed by atoms with E-state index < -0.39 is 58.9 Å². The minimum Gasteiger partial charge on any atom is -0.348 e. The molecule has 2 heterocycles. The van der Waals surface area contributed by atoms with Gasteiger partial charge in [-0.25, -0.2) is 9.18 Å². The first kappa shape index (κ1) is 30.6. The van der Waals surface area contributed by atoms with Crippen molar-refractivity contribution in [2.24, 2.45) is 0 Å². The van der Waals surface area contributed by atoms with Crippen LogP contribution in [0.5, 0.6) is 0 Å². The summed E-state index contributed by atoms with van der Waals surface area (Å²) >= 11 is 0. The number of carbonyl (C=O) groups is 2. The quantitative estimate of drug-likeness (QED) is 0.383. The maximum Gasteiger partial charge on any atom is 0.416 e. The van der Waals surface area contributed by atoms with Crippen LogP contribution in [0.3, 0.4) is 0 Å². The summed E-state index contributed by atoms with van der Waals surface area (Å²) in [5.41, 5.74) is -2.35. The third-order valence-corrected chi connectivity index (χ3v) is 8.03. The Kier molecular flexibility index (Phi) is 8.32. The van der Waals surface area contributed by atoms with Crippen molar-refractivity contribution in [2.75, 3.05) is 13.6 Å². The molecule has 4 atom stereocenters. The molecule has 2 aliphatic rings. The van der Waals surface area contributed by atoms with Gasteiger partial charge in [0.05, 0.1) is 29.3 Å². The summed E-state index contributed by atoms with van der Waals surface area (Å²) in [5.74, 6) is -0.958. The van der Waals surface area contributed by atoms with Crippen LogP contribution in [-0.4, -0.2) is 42.0 Å². The van der Waals surface area contributed by atoms with Gasteiger partial charge in [0, 0.05) is 19.1 Å². The number of nitrogens with one attached hydrogen (secondary N) is 3. The normalized spacial score (nSPS) is 23.9. The molecule has 2 saturated heterocycles. The summed E-state index contributed by atoms with van der Waals surface area (Å²) in [7, 11) is 1.51. The summed E-state index contributed by atoms with van der Waals surface area (Å²) in [5, 5.41) is 8.52. The van der Waals surface area contributed by atoms with E-state index >= 15 is 0 Å². The van der Waals surface area contributed by atoms with Gasteiger partial charge in [0.25, 0.3) is 0 Å². The Morgan fingerprint density at radius 1 is 1.02 bits per heavy atom. The highest BCUT2D eigenvalue weighted by molar-refractivity contribution is 5.82. The summed E-state index contributed by atoms with van der Waals surface area (Å²) in [4.78, 5) is 27.5. The van der Waals surface area contributed by atoms with Crippen molar-refractivity contribution in [3.63, 3.8) is 0 Å². The van der Waals surface area contributed by atoms with E-state index in [1.807, 2.05) is 0 Å². The highest BCUT2D eigenvalue weighted by atomic mass is 19.4. The number of urea groups is 1. The number of hydrogen-bond donors (Lipinski definition) is 3. The first-order valence-corrected chi connectivity index (χ1v) is 13.1. The Labute approximate surface area is 232 Å². The van der Waals surface area contributed by atoms with Crippen LogP contribution in [-0.2, 0) is 17.1 Å². The lowest BCUT2D eigenvalue weighted by Gasteiger charge is -2.46. The lowest BCUT2D eigenvalue weighted by molar-refractivity contribution is -0.143. The smallest absolute Gasteiger partial charge is 0.348 e. The molecule has 2 aromatic rings. The molecule has 2 aromatic carbocycles. The van der Waals surface area contributed by atoms with Crippen molar-refractivity contribution in [3.8, 4) is 0 Å². The predicted octanol–water partition coefficient (Wildman–Crippen LogP) is 6.02. The van der Waals surface area contributed by atoms with Crippen LogP contribution in [0, 0.1) is 12.7 Å². The third-order valence-electron chi connectivity index (χ3n) is 8.03. The van der Waals surface area contributed by atoms with E-state index in [1.54, 1.807) is 17.9 Å². The van der Waals surface area contributed by atoms with Gasteiger partial charge in [-0.2, -0.15) is 26.3 Å². The van der Waals surface area contributed by atoms with E-state index in [1.165, 1.54) is 26.1 Å². The maximum absolute atomic E-state index is 13.8. The van der Waals surface area contributed by atoms with Crippen molar-refractivity contribution in [2.45, 2.75) is 75.5 Å². The number of rotatable bonds is 4. The molecule has 3 N–H and O–H groups in total. The van der Waals surface area contributed by atoms with Gasteiger partial charge in [-0.15, -0.1) is 0 Å². The van der Waals surface area contributed by atoms with Crippen LogP contribution in [0.15, 0.2) is 36.4 Å². The van der Waals surface area contributed by atoms with E-state index in [0.29, 0.717) is 49.9 Å². The molecule has 41 heavy (non-hydrogen) atoms. The van der Waals surface area contributed by atoms with E-state index in [4.69, 9.17) is 0 Å². The van der Waals surface area contributed by atoms with Crippen molar-refractivity contribution in [1.82, 2.24) is 20.9 Å². The van der Waals surface area contributed by atoms with Crippen molar-refractivity contribution in [1.29, 1.82) is 0 Å². The summed E-state index contributed by atoms with van der Waals surface area (Å²) in [6.45, 7) is 3.43. The fourth-order valence-electron chi connectivity index (χ4n) is 5.87. The van der Waals surface area contributed by atoms with Crippen LogP contribution < -0.4 is 16.0 Å². The van der Waals surface area contributed by atoms with Gasteiger partial charge in [-0.3, -0.25) is 4.79 Å². The number of hydrogen-bond acceptors (Lipinski definition) is 3. The topological polar surface area (TPSA) is 73.5 Å². The monoisotopic (exact) mass is 588 g/mol. The lowest BCUT2D eigenvalue weighted by atomic mass is 9.79. The fourth-order valence-corrected chi connectivity index (χ4v) is 5.87. The van der Waals surface area contributed by atoms with Crippen molar-refractivity contribution >= 4 is 11.9 Å². The molecule has 3 amide bonds. The first-order valence-electron chi connectivity index (χ1n) is 13.1. The molecule has 4 rings (SSSR count). The number of piperidine rings is 1. The Morgan fingerprint density at radius 2 is 1.66 bits per heavy atom. The molecule has 0 bridgehead atoms. The average Bonchev–Trinajstić information content (AvgIpc) is 3.30. The number of likely N-dealkylation sites (tertiary alicyclic amines) is 1. The van der Waals surface area contributed by atoms with Crippen molar-refractivity contribution < 1.29 is 40.3 Å². The van der Waals surface area contributed by atoms with Crippen LogP contribution in [0.1, 0.15) is 72.5 Å². The lowest BCUT2D eigenvalue weighted by Crippen LogP contribution is -2.57. The third kappa shape index (κ3) is 6.60. The zero-order chi connectivity index (χ0) is 30.3. The molecule has 1 spiro atoms. The van der Waals surface area contributed by atoms with Gasteiger partial charge in [0.1, 0.15) is 5.82 Å². The standard InChI is InChI=1S/C28H31F7N4O2/c1-15-10-20(29)4-5-21(15)23-14-26(8-9-39(23)25(41)36-3)7-6-22(38-26)24(40)37-16(2)17-11-18(27(30,31)32)13-19(12-17)28(33,34)35/h4-5,10-13,16,22-23,38H,6-9,14H2,1-3H3,(H,36,41)(H,37,40)/t16-,22-,23-,26+/m1/s1. The molecule has 0 radical (unpaired) electrons. The van der Waals surface area contributed by atoms with E-state index in [-0.39, 0.29) is 17.7 Å². The second kappa shape index (κ2) is 11.1. The molecule has 6 nitrogen and oxygen atoms in total. The highest BCUT2D eigenvalue weighted by Crippen LogP contribution is 2.43. The largest absolute Gasteiger partial charge is 0.416 e. The number of benzene rings is 2. The molecule has 224 valence electrons. The van der Waals surface area contributed by atoms with Crippen LogP contribution in [0.4, 0.5) is 35.5 Å². The Hall–Kier alpha value is -3.35. The van der Waals surface area contributed by atoms with Gasteiger partial charge in [0.15, 0.2) is 0 Å². The second-order valence-corrected chi connectivity index (χ2v) is 10.8. The Bertz CT molecular complexity index is 1280. The molecule has 13 heteroatoms. The minimum absolute atomic E-state index is 0.0464. The fraction of sp³-hybridized carbons (Fsp3) is 0.500. The molecular weight excluding hydrogens is 557 g/mol.